The Morgan fingerprint density at radius 2 is 0.821 bits per heavy atom. The van der Waals surface area contributed by atoms with Gasteiger partial charge in [-0.3, -0.25) is 0 Å². The molecule has 5 heteroatoms. The lowest BCUT2D eigenvalue weighted by atomic mass is 9.98. The maximum absolute atomic E-state index is 13.0. The van der Waals surface area contributed by atoms with Crippen LogP contribution in [0.4, 0.5) is 0 Å². The van der Waals surface area contributed by atoms with Crippen LogP contribution < -0.4 is 14.2 Å². The lowest BCUT2D eigenvalue weighted by Crippen LogP contribution is -2.19. The highest BCUT2D eigenvalue weighted by atomic mass is 16.5. The summed E-state index contributed by atoms with van der Waals surface area (Å²) < 4.78 is 25.3. The lowest BCUT2D eigenvalue weighted by Gasteiger charge is -2.21. The third-order valence-corrected chi connectivity index (χ3v) is 11.6. The molecule has 0 spiro atoms. The van der Waals surface area contributed by atoms with Crippen LogP contribution >= 0.6 is 0 Å². The summed E-state index contributed by atoms with van der Waals surface area (Å²) in [4.78, 5) is 13.0. The van der Waals surface area contributed by atoms with Crippen molar-refractivity contribution in [1.82, 2.24) is 0 Å². The van der Waals surface area contributed by atoms with Crippen LogP contribution in [0.15, 0.2) is 18.2 Å². The number of carbonyl (C=O) groups excluding carboxylic acids is 1. The molecule has 2 rings (SSSR count). The van der Waals surface area contributed by atoms with Crippen molar-refractivity contribution in [3.8, 4) is 17.2 Å². The zero-order chi connectivity index (χ0) is 40.0. The minimum atomic E-state index is -0.278. The summed E-state index contributed by atoms with van der Waals surface area (Å²) in [6, 6.07) is 4.04. The van der Waals surface area contributed by atoms with Crippen molar-refractivity contribution in [2.24, 2.45) is 0 Å². The van der Waals surface area contributed by atoms with E-state index >= 15 is 0 Å². The minimum Gasteiger partial charge on any atom is -0.493 e. The van der Waals surface area contributed by atoms with Crippen LogP contribution in [0.5, 0.6) is 17.2 Å². The van der Waals surface area contributed by atoms with Crippen LogP contribution in [0.1, 0.15) is 251 Å². The first-order chi connectivity index (χ1) is 27.7. The second kappa shape index (κ2) is 37.1. The van der Waals surface area contributed by atoms with E-state index in [4.69, 9.17) is 18.9 Å². The molecule has 0 N–H and O–H groups in total. The summed E-state index contributed by atoms with van der Waals surface area (Å²) in [6.07, 6.45) is 47.7. The van der Waals surface area contributed by atoms with Crippen molar-refractivity contribution < 1.29 is 23.7 Å². The summed E-state index contributed by atoms with van der Waals surface area (Å²) in [7, 11) is 0. The highest BCUT2D eigenvalue weighted by molar-refractivity contribution is 5.88. The molecule has 0 radical (unpaired) electrons. The zero-order valence-electron chi connectivity index (χ0n) is 37.3. The van der Waals surface area contributed by atoms with Gasteiger partial charge >= 0.3 is 5.97 Å². The van der Waals surface area contributed by atoms with Crippen molar-refractivity contribution in [3.63, 3.8) is 0 Å². The normalized spacial score (nSPS) is 13.4. The second-order valence-electron chi connectivity index (χ2n) is 17.0. The number of hydrogen-bond donors (Lipinski definition) is 0. The zero-order valence-corrected chi connectivity index (χ0v) is 37.3. The van der Waals surface area contributed by atoms with Gasteiger partial charge in [0.05, 0.1) is 25.4 Å². The number of rotatable bonds is 39. The fourth-order valence-corrected chi connectivity index (χ4v) is 7.92. The second-order valence-corrected chi connectivity index (χ2v) is 17.0. The van der Waals surface area contributed by atoms with Crippen molar-refractivity contribution in [2.45, 2.75) is 252 Å². The van der Waals surface area contributed by atoms with Gasteiger partial charge in [-0.2, -0.15) is 0 Å². The summed E-state index contributed by atoms with van der Waals surface area (Å²) in [5.41, 5.74) is 0.816. The summed E-state index contributed by atoms with van der Waals surface area (Å²) in [5.74, 6) is 1.99. The van der Waals surface area contributed by atoms with Gasteiger partial charge in [-0.25, -0.2) is 4.79 Å². The molecule has 0 bridgehead atoms. The maximum atomic E-state index is 13.0. The van der Waals surface area contributed by atoms with Gasteiger partial charge in [0.1, 0.15) is 23.4 Å². The monoisotopic (exact) mass is 783 g/mol. The smallest absolute Gasteiger partial charge is 0.331 e. The summed E-state index contributed by atoms with van der Waals surface area (Å²) >= 11 is 0. The number of esters is 1. The molecule has 56 heavy (non-hydrogen) atoms. The number of carbonyl (C=O) groups is 1. The van der Waals surface area contributed by atoms with E-state index in [2.05, 4.69) is 20.8 Å². The van der Waals surface area contributed by atoms with Crippen molar-refractivity contribution in [2.75, 3.05) is 19.8 Å². The van der Waals surface area contributed by atoms with Crippen LogP contribution in [-0.4, -0.2) is 31.9 Å². The first kappa shape index (κ1) is 50.0. The first-order valence-electron chi connectivity index (χ1n) is 24.6. The molecule has 1 aromatic carbocycles. The highest BCUT2D eigenvalue weighted by Crippen LogP contribution is 2.36. The average Bonchev–Trinajstić information content (AvgIpc) is 3.21. The van der Waals surface area contributed by atoms with Crippen LogP contribution in [0.3, 0.4) is 0 Å². The lowest BCUT2D eigenvalue weighted by molar-refractivity contribution is -0.144. The van der Waals surface area contributed by atoms with Gasteiger partial charge in [0.2, 0.25) is 0 Å². The molecule has 1 aliphatic rings. The minimum absolute atomic E-state index is 0.0293. The predicted octanol–water partition coefficient (Wildman–Crippen LogP) is 16.5. The molecule has 5 nitrogen and oxygen atoms in total. The molecule has 1 fully saturated rings. The van der Waals surface area contributed by atoms with Gasteiger partial charge in [0.15, 0.2) is 0 Å². The Hall–Kier alpha value is -2.17. The molecule has 324 valence electrons. The standard InChI is InChI=1S/C51H90O5/c1-4-7-10-13-16-19-22-25-28-34-41-53-47-44-49(54-42-35-29-26-23-20-17-14-11-8-5-2)48(39-40-51(52)56-46-37-32-31-33-38-46)50(45-47)55-43-36-30-27-24-21-18-15-12-9-6-3/h39-40,44-46H,4-38,41-43H2,1-3H3. The third kappa shape index (κ3) is 27.5. The quantitative estimate of drug-likeness (QED) is 0.0378. The molecule has 0 saturated heterocycles. The van der Waals surface area contributed by atoms with Gasteiger partial charge in [-0.05, 0) is 51.0 Å². The fraction of sp³-hybridized carbons (Fsp3) is 0.824. The summed E-state index contributed by atoms with van der Waals surface area (Å²) in [5, 5.41) is 0. The van der Waals surface area contributed by atoms with E-state index in [1.165, 1.54) is 180 Å². The number of benzene rings is 1. The molecule has 0 unspecified atom stereocenters. The molecule has 0 atom stereocenters. The SMILES string of the molecule is CCCCCCCCCCCCOc1cc(OCCCCCCCCCCCC)c(C=CC(=O)OC2CCCCC2)c(OCCCCCCCCCCCC)c1. The van der Waals surface area contributed by atoms with Crippen LogP contribution in [0, 0.1) is 0 Å². The van der Waals surface area contributed by atoms with Crippen molar-refractivity contribution in [1.29, 1.82) is 0 Å². The predicted molar refractivity (Wildman–Crippen MR) is 240 cm³/mol. The Labute approximate surface area is 347 Å². The van der Waals surface area contributed by atoms with E-state index in [-0.39, 0.29) is 12.1 Å². The number of hydrogen-bond acceptors (Lipinski definition) is 5. The number of ether oxygens (including phenoxy) is 4. The molecule has 0 amide bonds. The largest absolute Gasteiger partial charge is 0.493 e. The van der Waals surface area contributed by atoms with Crippen LogP contribution in [0.25, 0.3) is 6.08 Å². The fourth-order valence-electron chi connectivity index (χ4n) is 7.92. The molecule has 1 aliphatic carbocycles. The molecule has 0 aromatic heterocycles. The van der Waals surface area contributed by atoms with E-state index in [1.54, 1.807) is 6.08 Å². The summed E-state index contributed by atoms with van der Waals surface area (Å²) in [6.45, 7) is 8.82. The first-order valence-corrected chi connectivity index (χ1v) is 24.6. The number of unbranched alkanes of at least 4 members (excludes halogenated alkanes) is 27. The van der Waals surface area contributed by atoms with Crippen LogP contribution in [0.2, 0.25) is 0 Å². The molecule has 1 aromatic rings. The van der Waals surface area contributed by atoms with E-state index in [1.807, 2.05) is 18.2 Å². The van der Waals surface area contributed by atoms with E-state index < -0.39 is 0 Å². The third-order valence-electron chi connectivity index (χ3n) is 11.6. The Bertz CT molecular complexity index is 1010. The van der Waals surface area contributed by atoms with E-state index in [9.17, 15) is 4.79 Å². The Kier molecular flexibility index (Phi) is 33.1. The maximum Gasteiger partial charge on any atom is 0.331 e. The van der Waals surface area contributed by atoms with E-state index in [0.717, 1.165) is 67.8 Å². The van der Waals surface area contributed by atoms with Gasteiger partial charge < -0.3 is 18.9 Å². The molecule has 0 heterocycles. The van der Waals surface area contributed by atoms with Gasteiger partial charge in [-0.1, -0.05) is 201 Å². The molecule has 1 saturated carbocycles. The van der Waals surface area contributed by atoms with Gasteiger partial charge in [0, 0.05) is 18.2 Å². The van der Waals surface area contributed by atoms with Gasteiger partial charge in [0.25, 0.3) is 0 Å². The Balaban J connectivity index is 2.02. The van der Waals surface area contributed by atoms with Crippen LogP contribution in [-0.2, 0) is 9.53 Å². The van der Waals surface area contributed by atoms with E-state index in [0.29, 0.717) is 19.8 Å². The van der Waals surface area contributed by atoms with Crippen molar-refractivity contribution in [3.05, 3.63) is 23.8 Å². The highest BCUT2D eigenvalue weighted by Gasteiger charge is 2.18. The topological polar surface area (TPSA) is 54.0 Å². The molecular weight excluding hydrogens is 693 g/mol. The molecular formula is C51H90O5. The Morgan fingerprint density at radius 1 is 0.482 bits per heavy atom. The Morgan fingerprint density at radius 3 is 1.20 bits per heavy atom. The average molecular weight is 783 g/mol. The van der Waals surface area contributed by atoms with Gasteiger partial charge in [-0.15, -0.1) is 0 Å². The van der Waals surface area contributed by atoms with Crippen molar-refractivity contribution >= 4 is 12.0 Å². The molecule has 0 aliphatic heterocycles.